The number of nitrogens with zero attached hydrogens (tertiary/aromatic N) is 3. The van der Waals surface area contributed by atoms with Gasteiger partial charge in [-0.3, -0.25) is 14.6 Å². The molecule has 0 aromatic carbocycles. The van der Waals surface area contributed by atoms with Crippen molar-refractivity contribution in [3.63, 3.8) is 0 Å². The summed E-state index contributed by atoms with van der Waals surface area (Å²) in [6.07, 6.45) is 4.41. The van der Waals surface area contributed by atoms with Gasteiger partial charge < -0.3 is 20.4 Å². The Balaban J connectivity index is 0.00000529. The van der Waals surface area contributed by atoms with Crippen LogP contribution >= 0.6 is 24.0 Å². The third-order valence-corrected chi connectivity index (χ3v) is 4.37. The SMILES string of the molecule is CN=C(NCCC(=O)N(C)C)NCC1(C(=O)N(C)C)CCCC1.I. The van der Waals surface area contributed by atoms with Gasteiger partial charge in [-0.15, -0.1) is 24.0 Å². The van der Waals surface area contributed by atoms with Gasteiger partial charge in [0, 0.05) is 54.7 Å². The van der Waals surface area contributed by atoms with Crippen molar-refractivity contribution in [2.24, 2.45) is 10.4 Å². The van der Waals surface area contributed by atoms with E-state index in [0.717, 1.165) is 25.7 Å². The highest BCUT2D eigenvalue weighted by atomic mass is 127. The van der Waals surface area contributed by atoms with Crippen molar-refractivity contribution < 1.29 is 9.59 Å². The Bertz CT molecular complexity index is 446. The molecule has 1 saturated carbocycles. The van der Waals surface area contributed by atoms with Gasteiger partial charge in [0.05, 0.1) is 5.41 Å². The summed E-state index contributed by atoms with van der Waals surface area (Å²) in [5, 5.41) is 6.39. The zero-order chi connectivity index (χ0) is 17.5. The molecule has 0 atom stereocenters. The van der Waals surface area contributed by atoms with Crippen LogP contribution in [0.3, 0.4) is 0 Å². The van der Waals surface area contributed by atoms with Crippen LogP contribution in [-0.2, 0) is 9.59 Å². The van der Waals surface area contributed by atoms with Crippen LogP contribution in [0.4, 0.5) is 0 Å². The molecule has 0 unspecified atom stereocenters. The molecule has 7 nitrogen and oxygen atoms in total. The van der Waals surface area contributed by atoms with Crippen molar-refractivity contribution >= 4 is 41.8 Å². The minimum absolute atomic E-state index is 0. The van der Waals surface area contributed by atoms with Crippen LogP contribution in [0.2, 0.25) is 0 Å². The summed E-state index contributed by atoms with van der Waals surface area (Å²) in [5.74, 6) is 0.887. The molecule has 1 fully saturated rings. The summed E-state index contributed by atoms with van der Waals surface area (Å²) < 4.78 is 0. The molecular formula is C16H32IN5O2. The van der Waals surface area contributed by atoms with Gasteiger partial charge in [-0.2, -0.15) is 0 Å². The lowest BCUT2D eigenvalue weighted by molar-refractivity contribution is -0.138. The summed E-state index contributed by atoms with van der Waals surface area (Å²) in [6, 6.07) is 0. The number of guanidine groups is 1. The van der Waals surface area contributed by atoms with Crippen molar-refractivity contribution in [2.45, 2.75) is 32.1 Å². The monoisotopic (exact) mass is 453 g/mol. The number of halogens is 1. The van der Waals surface area contributed by atoms with Crippen molar-refractivity contribution in [3.8, 4) is 0 Å². The second kappa shape index (κ2) is 10.7. The lowest BCUT2D eigenvalue weighted by Crippen LogP contribution is -2.49. The molecule has 0 aliphatic heterocycles. The van der Waals surface area contributed by atoms with Gasteiger partial charge in [0.1, 0.15) is 0 Å². The third kappa shape index (κ3) is 6.45. The molecule has 8 heteroatoms. The molecule has 1 aliphatic carbocycles. The first kappa shape index (κ1) is 22.9. The first-order valence-electron chi connectivity index (χ1n) is 8.19. The highest BCUT2D eigenvalue weighted by Gasteiger charge is 2.42. The number of rotatable bonds is 6. The van der Waals surface area contributed by atoms with Crippen LogP contribution in [0, 0.1) is 5.41 Å². The van der Waals surface area contributed by atoms with Crippen LogP contribution in [0.25, 0.3) is 0 Å². The average molecular weight is 453 g/mol. The van der Waals surface area contributed by atoms with E-state index in [1.807, 2.05) is 14.1 Å². The summed E-state index contributed by atoms with van der Waals surface area (Å²) in [7, 11) is 8.79. The smallest absolute Gasteiger partial charge is 0.230 e. The predicted octanol–water partition coefficient (Wildman–Crippen LogP) is 0.896. The Morgan fingerprint density at radius 2 is 1.62 bits per heavy atom. The maximum atomic E-state index is 12.5. The second-order valence-electron chi connectivity index (χ2n) is 6.58. The first-order chi connectivity index (χ1) is 10.8. The Kier molecular flexibility index (Phi) is 10.3. The number of nitrogens with one attached hydrogen (secondary N) is 2. The molecule has 0 bridgehead atoms. The fourth-order valence-electron chi connectivity index (χ4n) is 2.98. The number of carbonyl (C=O) groups excluding carboxylic acids is 2. The summed E-state index contributed by atoms with van der Waals surface area (Å²) in [5.41, 5.74) is -0.333. The first-order valence-corrected chi connectivity index (χ1v) is 8.19. The molecule has 0 saturated heterocycles. The molecule has 0 radical (unpaired) electrons. The molecule has 0 aromatic heterocycles. The highest BCUT2D eigenvalue weighted by Crippen LogP contribution is 2.38. The van der Waals surface area contributed by atoms with Crippen molar-refractivity contribution in [2.75, 3.05) is 48.3 Å². The minimum atomic E-state index is -0.333. The number of amides is 2. The van der Waals surface area contributed by atoms with Crippen molar-refractivity contribution in [3.05, 3.63) is 0 Å². The van der Waals surface area contributed by atoms with E-state index in [9.17, 15) is 9.59 Å². The van der Waals surface area contributed by atoms with Crippen molar-refractivity contribution in [1.29, 1.82) is 0 Å². The molecule has 24 heavy (non-hydrogen) atoms. The summed E-state index contributed by atoms with van der Waals surface area (Å²) >= 11 is 0. The molecule has 0 spiro atoms. The van der Waals surface area contributed by atoms with E-state index in [2.05, 4.69) is 15.6 Å². The number of hydrogen-bond donors (Lipinski definition) is 2. The molecule has 2 N–H and O–H groups in total. The van der Waals surface area contributed by atoms with Gasteiger partial charge in [0.25, 0.3) is 0 Å². The number of hydrogen-bond acceptors (Lipinski definition) is 3. The second-order valence-corrected chi connectivity index (χ2v) is 6.58. The molecule has 1 rings (SSSR count). The molecule has 0 heterocycles. The average Bonchev–Trinajstić information content (AvgIpc) is 2.99. The quantitative estimate of drug-likeness (QED) is 0.356. The fourth-order valence-corrected chi connectivity index (χ4v) is 2.98. The fraction of sp³-hybridized carbons (Fsp3) is 0.812. The Labute approximate surface area is 162 Å². The zero-order valence-electron chi connectivity index (χ0n) is 15.5. The third-order valence-electron chi connectivity index (χ3n) is 4.37. The van der Waals surface area contributed by atoms with Gasteiger partial charge in [-0.05, 0) is 12.8 Å². The lowest BCUT2D eigenvalue weighted by atomic mass is 9.84. The van der Waals surface area contributed by atoms with E-state index in [1.165, 1.54) is 0 Å². The molecule has 140 valence electrons. The van der Waals surface area contributed by atoms with Gasteiger partial charge in [0.15, 0.2) is 5.96 Å². The van der Waals surface area contributed by atoms with Crippen LogP contribution in [0.5, 0.6) is 0 Å². The van der Waals surface area contributed by atoms with Gasteiger partial charge >= 0.3 is 0 Å². The maximum absolute atomic E-state index is 12.5. The van der Waals surface area contributed by atoms with Gasteiger partial charge in [-0.25, -0.2) is 0 Å². The topological polar surface area (TPSA) is 77.0 Å². The molecule has 1 aliphatic rings. The maximum Gasteiger partial charge on any atom is 0.230 e. The number of aliphatic imine (C=N–C) groups is 1. The molecule has 0 aromatic rings. The van der Waals surface area contributed by atoms with Crippen molar-refractivity contribution in [1.82, 2.24) is 20.4 Å². The Morgan fingerprint density at radius 3 is 2.08 bits per heavy atom. The predicted molar refractivity (Wildman–Crippen MR) is 108 cm³/mol. The molecule has 2 amide bonds. The summed E-state index contributed by atoms with van der Waals surface area (Å²) in [6.45, 7) is 1.09. The molecular weight excluding hydrogens is 421 g/mol. The largest absolute Gasteiger partial charge is 0.356 e. The van der Waals surface area contributed by atoms with Crippen LogP contribution in [0.1, 0.15) is 32.1 Å². The van der Waals surface area contributed by atoms with Gasteiger partial charge in [-0.1, -0.05) is 12.8 Å². The van der Waals surface area contributed by atoms with E-state index in [4.69, 9.17) is 0 Å². The number of carbonyl (C=O) groups is 2. The van der Waals surface area contributed by atoms with Crippen LogP contribution in [-0.4, -0.2) is 75.9 Å². The lowest BCUT2D eigenvalue weighted by Gasteiger charge is -2.31. The summed E-state index contributed by atoms with van der Waals surface area (Å²) in [4.78, 5) is 31.5. The zero-order valence-corrected chi connectivity index (χ0v) is 17.8. The highest BCUT2D eigenvalue weighted by molar-refractivity contribution is 14.0. The van der Waals surface area contributed by atoms with E-state index < -0.39 is 0 Å². The Morgan fingerprint density at radius 1 is 1.04 bits per heavy atom. The van der Waals surface area contributed by atoms with E-state index >= 15 is 0 Å². The Hall–Kier alpha value is -1.06. The minimum Gasteiger partial charge on any atom is -0.356 e. The van der Waals surface area contributed by atoms with Crippen LogP contribution < -0.4 is 10.6 Å². The van der Waals surface area contributed by atoms with E-state index in [0.29, 0.717) is 25.5 Å². The van der Waals surface area contributed by atoms with Gasteiger partial charge in [0.2, 0.25) is 11.8 Å². The standard InChI is InChI=1S/C16H31N5O2.HI/c1-17-15(18-11-8-13(22)20(2)3)19-12-16(9-6-7-10-16)14(23)21(4)5;/h6-12H2,1-5H3,(H2,17,18,19);1H. The van der Waals surface area contributed by atoms with Crippen LogP contribution in [0.15, 0.2) is 4.99 Å². The van der Waals surface area contributed by atoms with E-state index in [1.54, 1.807) is 30.9 Å². The normalized spacial score (nSPS) is 16.1. The van der Waals surface area contributed by atoms with E-state index in [-0.39, 0.29) is 41.2 Å².